The highest BCUT2D eigenvalue weighted by Crippen LogP contribution is 2.26. The van der Waals surface area contributed by atoms with Crippen molar-refractivity contribution in [3.05, 3.63) is 87.4 Å². The number of carbonyl (C=O) groups is 2. The molecule has 0 aliphatic rings. The van der Waals surface area contributed by atoms with Crippen molar-refractivity contribution in [1.82, 2.24) is 5.43 Å². The van der Waals surface area contributed by atoms with Crippen LogP contribution in [0.5, 0.6) is 11.5 Å². The van der Waals surface area contributed by atoms with Crippen molar-refractivity contribution in [3.8, 4) is 11.5 Å². The van der Waals surface area contributed by atoms with E-state index in [1.807, 2.05) is 42.5 Å². The molecule has 0 bridgehead atoms. The molecule has 0 atom stereocenters. The molecular formula is C25H23BrClN3O4. The summed E-state index contributed by atoms with van der Waals surface area (Å²) in [5.41, 5.74) is 4.83. The Labute approximate surface area is 211 Å². The number of hydrogen-bond acceptors (Lipinski definition) is 5. The van der Waals surface area contributed by atoms with Crippen molar-refractivity contribution in [3.63, 3.8) is 0 Å². The van der Waals surface area contributed by atoms with Gasteiger partial charge in [0.05, 0.1) is 17.8 Å². The topological polar surface area (TPSA) is 89.0 Å². The molecule has 2 N–H and O–H groups in total. The molecule has 0 saturated heterocycles. The Balaban J connectivity index is 1.41. The van der Waals surface area contributed by atoms with E-state index >= 15 is 0 Å². The normalized spacial score (nSPS) is 10.7. The average molecular weight is 545 g/mol. The Kier molecular flexibility index (Phi) is 9.49. The van der Waals surface area contributed by atoms with Crippen LogP contribution in [0.1, 0.15) is 24.0 Å². The summed E-state index contributed by atoms with van der Waals surface area (Å²) in [5.74, 6) is 0.756. The van der Waals surface area contributed by atoms with E-state index in [-0.39, 0.29) is 24.7 Å². The highest BCUT2D eigenvalue weighted by molar-refractivity contribution is 9.10. The molecule has 0 unspecified atom stereocenters. The van der Waals surface area contributed by atoms with Gasteiger partial charge in [0.1, 0.15) is 18.1 Å². The van der Waals surface area contributed by atoms with Gasteiger partial charge in [-0.25, -0.2) is 5.43 Å². The van der Waals surface area contributed by atoms with Gasteiger partial charge in [-0.2, -0.15) is 5.10 Å². The lowest BCUT2D eigenvalue weighted by Gasteiger charge is -2.09. The summed E-state index contributed by atoms with van der Waals surface area (Å²) in [6, 6.07) is 19.8. The molecule has 0 heterocycles. The molecule has 0 fully saturated rings. The molecule has 0 aliphatic carbocycles. The van der Waals surface area contributed by atoms with E-state index in [1.165, 1.54) is 6.21 Å². The van der Waals surface area contributed by atoms with Crippen molar-refractivity contribution in [2.24, 2.45) is 5.10 Å². The van der Waals surface area contributed by atoms with Gasteiger partial charge < -0.3 is 14.8 Å². The SMILES string of the molecule is COc1ccc(NC(=O)CCC(=O)NN=Cc2ccc(OCc3ccc(Cl)cc3)c(Br)c2)cc1. The van der Waals surface area contributed by atoms with Crippen LogP contribution in [0.2, 0.25) is 5.02 Å². The second-order valence-electron chi connectivity index (χ2n) is 7.17. The molecule has 34 heavy (non-hydrogen) atoms. The Morgan fingerprint density at radius 2 is 1.71 bits per heavy atom. The smallest absolute Gasteiger partial charge is 0.240 e. The van der Waals surface area contributed by atoms with Crippen LogP contribution < -0.4 is 20.2 Å². The summed E-state index contributed by atoms with van der Waals surface area (Å²) in [6.45, 7) is 0.408. The first kappa shape index (κ1) is 25.3. The van der Waals surface area contributed by atoms with E-state index in [0.717, 1.165) is 15.6 Å². The summed E-state index contributed by atoms with van der Waals surface area (Å²) in [4.78, 5) is 24.0. The Hall–Kier alpha value is -3.36. The number of carbonyl (C=O) groups excluding carboxylic acids is 2. The number of halogens is 2. The van der Waals surface area contributed by atoms with Crippen LogP contribution >= 0.6 is 27.5 Å². The zero-order valence-corrected chi connectivity index (χ0v) is 20.7. The fraction of sp³-hybridized carbons (Fsp3) is 0.160. The minimum atomic E-state index is -0.358. The molecule has 3 rings (SSSR count). The number of benzene rings is 3. The third kappa shape index (κ3) is 8.20. The number of anilines is 1. The second kappa shape index (κ2) is 12.8. The summed E-state index contributed by atoms with van der Waals surface area (Å²) in [6.07, 6.45) is 1.57. The predicted octanol–water partition coefficient (Wildman–Crippen LogP) is 5.56. The summed E-state index contributed by atoms with van der Waals surface area (Å²) in [7, 11) is 1.57. The fourth-order valence-electron chi connectivity index (χ4n) is 2.82. The molecule has 176 valence electrons. The van der Waals surface area contributed by atoms with Crippen molar-refractivity contribution in [2.75, 3.05) is 12.4 Å². The maximum Gasteiger partial charge on any atom is 0.240 e. The highest BCUT2D eigenvalue weighted by Gasteiger charge is 2.07. The Morgan fingerprint density at radius 1 is 1.00 bits per heavy atom. The third-order valence-electron chi connectivity index (χ3n) is 4.62. The minimum absolute atomic E-state index is 0.0144. The van der Waals surface area contributed by atoms with Gasteiger partial charge in [0.25, 0.3) is 0 Å². The number of rotatable bonds is 10. The molecular weight excluding hydrogens is 522 g/mol. The van der Waals surface area contributed by atoms with Crippen molar-refractivity contribution in [2.45, 2.75) is 19.4 Å². The average Bonchev–Trinajstić information content (AvgIpc) is 2.84. The molecule has 0 aromatic heterocycles. The van der Waals surface area contributed by atoms with Crippen molar-refractivity contribution < 1.29 is 19.1 Å². The van der Waals surface area contributed by atoms with Crippen molar-refractivity contribution in [1.29, 1.82) is 0 Å². The van der Waals surface area contributed by atoms with Gasteiger partial charge in [0.15, 0.2) is 0 Å². The van der Waals surface area contributed by atoms with Crippen LogP contribution in [0.15, 0.2) is 76.3 Å². The number of hydrazone groups is 1. The third-order valence-corrected chi connectivity index (χ3v) is 5.49. The maximum atomic E-state index is 12.0. The van der Waals surface area contributed by atoms with Crippen LogP contribution in [0.3, 0.4) is 0 Å². The molecule has 3 aromatic rings. The predicted molar refractivity (Wildman–Crippen MR) is 137 cm³/mol. The van der Waals surface area contributed by atoms with Gasteiger partial charge in [-0.15, -0.1) is 0 Å². The zero-order chi connectivity index (χ0) is 24.3. The van der Waals surface area contributed by atoms with Crippen molar-refractivity contribution >= 4 is 51.2 Å². The number of methoxy groups -OCH3 is 1. The lowest BCUT2D eigenvalue weighted by atomic mass is 10.2. The molecule has 0 spiro atoms. The number of hydrogen-bond donors (Lipinski definition) is 2. The number of nitrogens with zero attached hydrogens (tertiary/aromatic N) is 1. The number of nitrogens with one attached hydrogen (secondary N) is 2. The largest absolute Gasteiger partial charge is 0.497 e. The molecule has 0 aliphatic heterocycles. The molecule has 2 amide bonds. The first-order chi connectivity index (χ1) is 16.4. The van der Waals surface area contributed by atoms with E-state index in [4.69, 9.17) is 21.1 Å². The summed E-state index contributed by atoms with van der Waals surface area (Å²) in [5, 5.41) is 7.36. The standard InChI is InChI=1S/C25H23BrClN3O4/c1-33-21-9-7-20(8-10-21)29-24(31)12-13-25(32)30-28-15-18-4-11-23(22(26)14-18)34-16-17-2-5-19(27)6-3-17/h2-11,14-15H,12-13,16H2,1H3,(H,29,31)(H,30,32). The number of amides is 2. The second-order valence-corrected chi connectivity index (χ2v) is 8.47. The van der Waals surface area contributed by atoms with Gasteiger partial charge in [-0.1, -0.05) is 23.7 Å². The lowest BCUT2D eigenvalue weighted by Crippen LogP contribution is -2.20. The first-order valence-corrected chi connectivity index (χ1v) is 11.5. The van der Waals surface area contributed by atoms with E-state index in [1.54, 1.807) is 31.4 Å². The molecule has 3 aromatic carbocycles. The van der Waals surface area contributed by atoms with Gasteiger partial charge in [0, 0.05) is 23.6 Å². The van der Waals surface area contributed by atoms with Gasteiger partial charge >= 0.3 is 0 Å². The van der Waals surface area contributed by atoms with E-state index < -0.39 is 0 Å². The van der Waals surface area contributed by atoms with Gasteiger partial charge in [-0.3, -0.25) is 9.59 Å². The first-order valence-electron chi connectivity index (χ1n) is 10.4. The van der Waals surface area contributed by atoms with Crippen LogP contribution in [-0.4, -0.2) is 25.1 Å². The van der Waals surface area contributed by atoms with Crippen LogP contribution in [0.4, 0.5) is 5.69 Å². The van der Waals surface area contributed by atoms with Gasteiger partial charge in [-0.05, 0) is 81.7 Å². The van der Waals surface area contributed by atoms with Crippen LogP contribution in [0, 0.1) is 0 Å². The van der Waals surface area contributed by atoms with Gasteiger partial charge in [0.2, 0.25) is 11.8 Å². The van der Waals surface area contributed by atoms with Crippen LogP contribution in [-0.2, 0) is 16.2 Å². The zero-order valence-electron chi connectivity index (χ0n) is 18.4. The maximum absolute atomic E-state index is 12.0. The van der Waals surface area contributed by atoms with E-state index in [2.05, 4.69) is 31.8 Å². The minimum Gasteiger partial charge on any atom is -0.497 e. The van der Waals surface area contributed by atoms with Crippen LogP contribution in [0.25, 0.3) is 0 Å². The lowest BCUT2D eigenvalue weighted by molar-refractivity contribution is -0.124. The molecule has 7 nitrogen and oxygen atoms in total. The molecule has 9 heteroatoms. The Morgan fingerprint density at radius 3 is 2.38 bits per heavy atom. The monoisotopic (exact) mass is 543 g/mol. The molecule has 0 saturated carbocycles. The number of ether oxygens (including phenoxy) is 2. The van der Waals surface area contributed by atoms with E-state index in [9.17, 15) is 9.59 Å². The summed E-state index contributed by atoms with van der Waals surface area (Å²) >= 11 is 9.38. The quantitative estimate of drug-likeness (QED) is 0.258. The fourth-order valence-corrected chi connectivity index (χ4v) is 3.45. The van der Waals surface area contributed by atoms with E-state index in [0.29, 0.717) is 28.8 Å². The molecule has 0 radical (unpaired) electrons. The summed E-state index contributed by atoms with van der Waals surface area (Å²) < 4.78 is 11.7. The Bertz CT molecular complexity index is 1150. The highest BCUT2D eigenvalue weighted by atomic mass is 79.9.